The van der Waals surface area contributed by atoms with Gasteiger partial charge in [-0.05, 0) is 12.1 Å². The van der Waals surface area contributed by atoms with Crippen LogP contribution in [-0.4, -0.2) is 17.3 Å². The molecular weight excluding hydrogens is 214 g/mol. The van der Waals surface area contributed by atoms with Crippen molar-refractivity contribution in [1.29, 1.82) is 0 Å². The minimum atomic E-state index is 0.457. The predicted octanol–water partition coefficient (Wildman–Crippen LogP) is 1.92. The highest BCUT2D eigenvalue weighted by Crippen LogP contribution is 2.33. The molecule has 0 aliphatic rings. The topological polar surface area (TPSA) is 70.3 Å². The lowest BCUT2D eigenvalue weighted by Crippen LogP contribution is -1.92. The number of nitrogen functional groups attached to an aromatic ring is 1. The van der Waals surface area contributed by atoms with Crippen LogP contribution in [0.1, 0.15) is 0 Å². The number of aromatic nitrogens is 2. The van der Waals surface area contributed by atoms with E-state index in [0.717, 1.165) is 0 Å². The van der Waals surface area contributed by atoms with Gasteiger partial charge in [-0.25, -0.2) is 0 Å². The van der Waals surface area contributed by atoms with Gasteiger partial charge < -0.3 is 15.2 Å². The first-order chi connectivity index (χ1) is 7.29. The summed E-state index contributed by atoms with van der Waals surface area (Å²) in [5, 5.41) is 7.89. The number of nitrogens with two attached hydrogens (primary N) is 1. The lowest BCUT2D eigenvalue weighted by Gasteiger charge is -2.07. The number of hydrogen-bond donors (Lipinski definition) is 1. The number of benzene rings is 1. The van der Waals surface area contributed by atoms with Crippen molar-refractivity contribution in [3.8, 4) is 16.7 Å². The number of methoxy groups -OCH3 is 1. The van der Waals surface area contributed by atoms with E-state index in [-0.39, 0.29) is 0 Å². The molecular formula is C9H9N3O2S. The minimum absolute atomic E-state index is 0.457. The van der Waals surface area contributed by atoms with Gasteiger partial charge in [0.2, 0.25) is 0 Å². The van der Waals surface area contributed by atoms with Gasteiger partial charge in [-0.15, -0.1) is 5.10 Å². The fourth-order valence-electron chi connectivity index (χ4n) is 1.07. The molecule has 0 atom stereocenters. The summed E-state index contributed by atoms with van der Waals surface area (Å²) in [6.45, 7) is 0. The van der Waals surface area contributed by atoms with Gasteiger partial charge in [-0.2, -0.15) is 0 Å². The van der Waals surface area contributed by atoms with Crippen molar-refractivity contribution in [2.75, 3.05) is 12.8 Å². The first-order valence-electron chi connectivity index (χ1n) is 4.17. The molecule has 0 unspecified atom stereocenters. The van der Waals surface area contributed by atoms with Crippen molar-refractivity contribution in [2.24, 2.45) is 0 Å². The Morgan fingerprint density at radius 3 is 2.87 bits per heavy atom. The van der Waals surface area contributed by atoms with E-state index in [1.165, 1.54) is 11.3 Å². The molecule has 0 amide bonds. The van der Waals surface area contributed by atoms with Gasteiger partial charge in [-0.1, -0.05) is 16.4 Å². The second kappa shape index (κ2) is 4.14. The second-order valence-electron chi connectivity index (χ2n) is 2.72. The molecule has 2 aromatic rings. The zero-order chi connectivity index (χ0) is 10.7. The Hall–Kier alpha value is -1.82. The van der Waals surface area contributed by atoms with Crippen molar-refractivity contribution < 1.29 is 9.47 Å². The fraction of sp³-hybridized carbons (Fsp3) is 0.111. The smallest absolute Gasteiger partial charge is 0.299 e. The van der Waals surface area contributed by atoms with Crippen LogP contribution in [0.2, 0.25) is 0 Å². The van der Waals surface area contributed by atoms with Crippen LogP contribution in [0.15, 0.2) is 23.7 Å². The molecule has 2 N–H and O–H groups in total. The molecule has 5 nitrogen and oxygen atoms in total. The van der Waals surface area contributed by atoms with Crippen molar-refractivity contribution in [2.45, 2.75) is 0 Å². The standard InChI is InChI=1S/C9H9N3O2S/c1-13-7-3-2-6(10)4-8(7)14-9-12-11-5-15-9/h2-5H,10H2,1H3. The third kappa shape index (κ3) is 2.16. The summed E-state index contributed by atoms with van der Waals surface area (Å²) in [7, 11) is 1.57. The number of hydrogen-bond acceptors (Lipinski definition) is 6. The van der Waals surface area contributed by atoms with E-state index in [9.17, 15) is 0 Å². The molecule has 0 radical (unpaired) electrons. The highest BCUT2D eigenvalue weighted by molar-refractivity contribution is 7.11. The predicted molar refractivity (Wildman–Crippen MR) is 57.4 cm³/mol. The van der Waals surface area contributed by atoms with Crippen molar-refractivity contribution in [1.82, 2.24) is 10.2 Å². The van der Waals surface area contributed by atoms with Crippen LogP contribution in [0, 0.1) is 0 Å². The monoisotopic (exact) mass is 223 g/mol. The Morgan fingerprint density at radius 1 is 1.33 bits per heavy atom. The summed E-state index contributed by atoms with van der Waals surface area (Å²) in [5.41, 5.74) is 7.84. The summed E-state index contributed by atoms with van der Waals surface area (Å²) in [5.74, 6) is 1.15. The number of anilines is 1. The Kier molecular flexibility index (Phi) is 2.68. The van der Waals surface area contributed by atoms with E-state index in [1.54, 1.807) is 30.8 Å². The maximum atomic E-state index is 5.64. The number of ether oxygens (including phenoxy) is 2. The van der Waals surface area contributed by atoms with E-state index in [0.29, 0.717) is 22.4 Å². The maximum Gasteiger partial charge on any atom is 0.299 e. The summed E-state index contributed by atoms with van der Waals surface area (Å²) in [6, 6.07) is 5.16. The van der Waals surface area contributed by atoms with Gasteiger partial charge in [0.15, 0.2) is 11.5 Å². The summed E-state index contributed by atoms with van der Waals surface area (Å²) >= 11 is 1.30. The fourth-order valence-corrected chi connectivity index (χ4v) is 1.49. The quantitative estimate of drug-likeness (QED) is 0.805. The zero-order valence-corrected chi connectivity index (χ0v) is 8.82. The Bertz CT molecular complexity index is 445. The molecule has 1 aromatic heterocycles. The van der Waals surface area contributed by atoms with Crippen LogP contribution in [-0.2, 0) is 0 Å². The molecule has 0 aliphatic heterocycles. The zero-order valence-electron chi connectivity index (χ0n) is 8.01. The van der Waals surface area contributed by atoms with Crippen LogP contribution >= 0.6 is 11.3 Å². The molecule has 78 valence electrons. The first kappa shape index (κ1) is 9.72. The van der Waals surface area contributed by atoms with Gasteiger partial charge in [0.05, 0.1) is 7.11 Å². The minimum Gasteiger partial charge on any atom is -0.493 e. The Labute approximate surface area is 90.5 Å². The Balaban J connectivity index is 2.30. The van der Waals surface area contributed by atoms with E-state index >= 15 is 0 Å². The third-order valence-corrected chi connectivity index (χ3v) is 2.29. The average molecular weight is 223 g/mol. The van der Waals surface area contributed by atoms with E-state index in [2.05, 4.69) is 10.2 Å². The number of nitrogens with zero attached hydrogens (tertiary/aromatic N) is 2. The van der Waals surface area contributed by atoms with Crippen molar-refractivity contribution in [3.05, 3.63) is 23.7 Å². The normalized spacial score (nSPS) is 9.93. The molecule has 6 heteroatoms. The summed E-state index contributed by atoms with van der Waals surface area (Å²) < 4.78 is 10.6. The van der Waals surface area contributed by atoms with Gasteiger partial charge in [0, 0.05) is 11.8 Å². The molecule has 0 fully saturated rings. The lowest BCUT2D eigenvalue weighted by molar-refractivity contribution is 0.377. The molecule has 2 rings (SSSR count). The summed E-state index contributed by atoms with van der Waals surface area (Å²) in [6.07, 6.45) is 0. The largest absolute Gasteiger partial charge is 0.493 e. The molecule has 1 heterocycles. The lowest BCUT2D eigenvalue weighted by atomic mass is 10.3. The first-order valence-corrected chi connectivity index (χ1v) is 5.05. The van der Waals surface area contributed by atoms with Gasteiger partial charge in [-0.3, -0.25) is 0 Å². The van der Waals surface area contributed by atoms with Crippen LogP contribution in [0.25, 0.3) is 0 Å². The highest BCUT2D eigenvalue weighted by atomic mass is 32.1. The Morgan fingerprint density at radius 2 is 2.20 bits per heavy atom. The van der Waals surface area contributed by atoms with Crippen LogP contribution in [0.4, 0.5) is 5.69 Å². The number of rotatable bonds is 3. The van der Waals surface area contributed by atoms with E-state index in [4.69, 9.17) is 15.2 Å². The van der Waals surface area contributed by atoms with Crippen LogP contribution in [0.5, 0.6) is 16.7 Å². The van der Waals surface area contributed by atoms with Crippen LogP contribution < -0.4 is 15.2 Å². The molecule has 0 bridgehead atoms. The van der Waals surface area contributed by atoms with E-state index < -0.39 is 0 Å². The molecule has 0 aliphatic carbocycles. The van der Waals surface area contributed by atoms with Crippen molar-refractivity contribution >= 4 is 17.0 Å². The van der Waals surface area contributed by atoms with Gasteiger partial charge in [0.1, 0.15) is 5.51 Å². The second-order valence-corrected chi connectivity index (χ2v) is 3.51. The van der Waals surface area contributed by atoms with Crippen molar-refractivity contribution in [3.63, 3.8) is 0 Å². The molecule has 15 heavy (non-hydrogen) atoms. The summed E-state index contributed by atoms with van der Waals surface area (Å²) in [4.78, 5) is 0. The molecule has 0 saturated carbocycles. The molecule has 1 aromatic carbocycles. The molecule has 0 spiro atoms. The van der Waals surface area contributed by atoms with Crippen LogP contribution in [0.3, 0.4) is 0 Å². The van der Waals surface area contributed by atoms with Gasteiger partial charge >= 0.3 is 0 Å². The average Bonchev–Trinajstić information content (AvgIpc) is 2.71. The van der Waals surface area contributed by atoms with E-state index in [1.807, 2.05) is 0 Å². The van der Waals surface area contributed by atoms with Gasteiger partial charge in [0.25, 0.3) is 5.19 Å². The SMILES string of the molecule is COc1ccc(N)cc1Oc1nncs1. The maximum absolute atomic E-state index is 5.64. The molecule has 0 saturated heterocycles. The highest BCUT2D eigenvalue weighted by Gasteiger charge is 2.07. The third-order valence-electron chi connectivity index (χ3n) is 1.72.